The number of fused-ring (bicyclic) bond motifs is 1. The van der Waals surface area contributed by atoms with Gasteiger partial charge < -0.3 is 10.4 Å². The summed E-state index contributed by atoms with van der Waals surface area (Å²) in [5, 5.41) is 11.9. The number of carboxylic acid groups (broad SMARTS) is 1. The van der Waals surface area contributed by atoms with Gasteiger partial charge in [0.1, 0.15) is 6.04 Å². The van der Waals surface area contributed by atoms with E-state index in [0.717, 1.165) is 12.8 Å². The van der Waals surface area contributed by atoms with Gasteiger partial charge in [0, 0.05) is 13.0 Å². The third kappa shape index (κ3) is 4.89. The predicted molar refractivity (Wildman–Crippen MR) is 94.4 cm³/mol. The van der Waals surface area contributed by atoms with Crippen LogP contribution < -0.4 is 10.9 Å². The maximum absolute atomic E-state index is 12.7. The van der Waals surface area contributed by atoms with E-state index < -0.39 is 12.0 Å². The Bertz CT molecular complexity index is 800. The molecule has 0 aliphatic carbocycles. The van der Waals surface area contributed by atoms with Crippen molar-refractivity contribution in [1.82, 2.24) is 14.9 Å². The number of carboxylic acids is 1. The van der Waals surface area contributed by atoms with E-state index in [9.17, 15) is 14.4 Å². The number of unbranched alkanes of at least 4 members (excludes halogenated alkanes) is 1. The third-order valence-corrected chi connectivity index (χ3v) is 4.03. The fourth-order valence-corrected chi connectivity index (χ4v) is 2.67. The Morgan fingerprint density at radius 2 is 2.04 bits per heavy atom. The normalized spacial score (nSPS) is 12.0. The van der Waals surface area contributed by atoms with E-state index in [2.05, 4.69) is 10.3 Å². The number of carbonyl (C=O) groups is 2. The number of hydrogen-bond donors (Lipinski definition) is 2. The Morgan fingerprint density at radius 1 is 1.28 bits per heavy atom. The van der Waals surface area contributed by atoms with Gasteiger partial charge in [0.2, 0.25) is 5.91 Å². The molecule has 7 heteroatoms. The Balaban J connectivity index is 2.21. The van der Waals surface area contributed by atoms with Gasteiger partial charge in [-0.15, -0.1) is 0 Å². The molecule has 0 bridgehead atoms. The van der Waals surface area contributed by atoms with Crippen LogP contribution in [0.25, 0.3) is 10.9 Å². The first kappa shape index (κ1) is 18.6. The second-order valence-electron chi connectivity index (χ2n) is 5.92. The number of para-hydroxylation sites is 1. The number of aromatic nitrogens is 2. The molecule has 2 aromatic rings. The Labute approximate surface area is 145 Å². The second-order valence-corrected chi connectivity index (χ2v) is 5.92. The standard InChI is InChI=1S/C18H23N3O4/c1-2-3-9-15(17(24)19-11-6-10-16(22)23)21-12-20-14-8-5-4-7-13(14)18(21)25/h4-5,7-8,12,15H,2-3,6,9-11H2,1H3,(H,19,24)(H,22,23)/t15-/m1/s1. The zero-order valence-electron chi connectivity index (χ0n) is 14.3. The minimum absolute atomic E-state index is 0.00259. The van der Waals surface area contributed by atoms with Gasteiger partial charge in [-0.05, 0) is 25.0 Å². The quantitative estimate of drug-likeness (QED) is 0.678. The first-order valence-electron chi connectivity index (χ1n) is 8.50. The number of rotatable bonds is 9. The van der Waals surface area contributed by atoms with Gasteiger partial charge in [-0.2, -0.15) is 0 Å². The molecule has 2 N–H and O–H groups in total. The smallest absolute Gasteiger partial charge is 0.303 e. The van der Waals surface area contributed by atoms with Crippen molar-refractivity contribution in [2.45, 2.75) is 45.1 Å². The highest BCUT2D eigenvalue weighted by atomic mass is 16.4. The van der Waals surface area contributed by atoms with Crippen molar-refractivity contribution in [2.75, 3.05) is 6.54 Å². The number of nitrogens with zero attached hydrogens (tertiary/aromatic N) is 2. The van der Waals surface area contributed by atoms with E-state index in [4.69, 9.17) is 5.11 Å². The van der Waals surface area contributed by atoms with Crippen molar-refractivity contribution in [2.24, 2.45) is 0 Å². The molecule has 0 saturated heterocycles. The molecule has 7 nitrogen and oxygen atoms in total. The topological polar surface area (TPSA) is 101 Å². The summed E-state index contributed by atoms with van der Waals surface area (Å²) in [7, 11) is 0. The largest absolute Gasteiger partial charge is 0.481 e. The average Bonchev–Trinajstić information content (AvgIpc) is 2.60. The van der Waals surface area contributed by atoms with E-state index in [1.54, 1.807) is 18.2 Å². The number of hydrogen-bond acceptors (Lipinski definition) is 4. The first-order valence-corrected chi connectivity index (χ1v) is 8.50. The Morgan fingerprint density at radius 3 is 2.76 bits per heavy atom. The van der Waals surface area contributed by atoms with Crippen LogP contribution in [0.4, 0.5) is 0 Å². The van der Waals surface area contributed by atoms with Gasteiger partial charge in [-0.25, -0.2) is 4.98 Å². The van der Waals surface area contributed by atoms with Crippen LogP contribution in [0.3, 0.4) is 0 Å². The molecule has 0 aliphatic heterocycles. The van der Waals surface area contributed by atoms with Crippen LogP contribution in [-0.4, -0.2) is 33.1 Å². The van der Waals surface area contributed by atoms with Crippen molar-refractivity contribution in [3.05, 3.63) is 40.9 Å². The summed E-state index contributed by atoms with van der Waals surface area (Å²) >= 11 is 0. The fraction of sp³-hybridized carbons (Fsp3) is 0.444. The molecule has 0 aliphatic rings. The van der Waals surface area contributed by atoms with Gasteiger partial charge in [-0.1, -0.05) is 31.9 Å². The van der Waals surface area contributed by atoms with Crippen LogP contribution in [0.2, 0.25) is 0 Å². The number of aliphatic carboxylic acids is 1. The summed E-state index contributed by atoms with van der Waals surface area (Å²) < 4.78 is 1.38. The first-order chi connectivity index (χ1) is 12.0. The van der Waals surface area contributed by atoms with Crippen molar-refractivity contribution in [1.29, 1.82) is 0 Å². The molecule has 0 fully saturated rings. The number of carbonyl (C=O) groups excluding carboxylic acids is 1. The average molecular weight is 345 g/mol. The van der Waals surface area contributed by atoms with Crippen LogP contribution in [0.1, 0.15) is 45.1 Å². The van der Waals surface area contributed by atoms with Crippen LogP contribution in [0.15, 0.2) is 35.4 Å². The maximum atomic E-state index is 12.7. The van der Waals surface area contributed by atoms with Crippen LogP contribution in [0.5, 0.6) is 0 Å². The number of benzene rings is 1. The van der Waals surface area contributed by atoms with E-state index in [1.165, 1.54) is 10.9 Å². The van der Waals surface area contributed by atoms with E-state index in [-0.39, 0.29) is 24.4 Å². The van der Waals surface area contributed by atoms with Crippen molar-refractivity contribution >= 4 is 22.8 Å². The third-order valence-electron chi connectivity index (χ3n) is 4.03. The lowest BCUT2D eigenvalue weighted by molar-refractivity contribution is -0.137. The summed E-state index contributed by atoms with van der Waals surface area (Å²) in [6, 6.07) is 6.39. The minimum Gasteiger partial charge on any atom is -0.481 e. The predicted octanol–water partition coefficient (Wildman–Crippen LogP) is 2.11. The minimum atomic E-state index is -0.897. The lowest BCUT2D eigenvalue weighted by Gasteiger charge is -2.19. The lowest BCUT2D eigenvalue weighted by atomic mass is 10.1. The fourth-order valence-electron chi connectivity index (χ4n) is 2.67. The van der Waals surface area contributed by atoms with Gasteiger partial charge in [-0.3, -0.25) is 19.0 Å². The molecule has 134 valence electrons. The number of amides is 1. The van der Waals surface area contributed by atoms with Crippen molar-refractivity contribution < 1.29 is 14.7 Å². The SMILES string of the molecule is CCCC[C@H](C(=O)NCCCC(=O)O)n1cnc2ccccc2c1=O. The van der Waals surface area contributed by atoms with E-state index in [0.29, 0.717) is 23.7 Å². The number of nitrogens with one attached hydrogen (secondary N) is 1. The van der Waals surface area contributed by atoms with Crippen LogP contribution in [-0.2, 0) is 9.59 Å². The molecule has 1 aromatic carbocycles. The van der Waals surface area contributed by atoms with Gasteiger partial charge >= 0.3 is 5.97 Å². The monoisotopic (exact) mass is 345 g/mol. The molecule has 1 atom stereocenters. The van der Waals surface area contributed by atoms with Gasteiger partial charge in [0.05, 0.1) is 17.2 Å². The molecular formula is C18H23N3O4. The molecule has 0 spiro atoms. The highest BCUT2D eigenvalue weighted by Crippen LogP contribution is 2.15. The lowest BCUT2D eigenvalue weighted by Crippen LogP contribution is -2.38. The van der Waals surface area contributed by atoms with Crippen molar-refractivity contribution in [3.63, 3.8) is 0 Å². The summed E-state index contributed by atoms with van der Waals surface area (Å²) in [5.41, 5.74) is 0.354. The summed E-state index contributed by atoms with van der Waals surface area (Å²) in [6.45, 7) is 2.28. The Kier molecular flexibility index (Phi) is 6.68. The van der Waals surface area contributed by atoms with Crippen LogP contribution in [0, 0.1) is 0 Å². The van der Waals surface area contributed by atoms with Crippen LogP contribution >= 0.6 is 0 Å². The zero-order chi connectivity index (χ0) is 18.2. The zero-order valence-corrected chi connectivity index (χ0v) is 14.3. The molecule has 25 heavy (non-hydrogen) atoms. The summed E-state index contributed by atoms with van der Waals surface area (Å²) in [4.78, 5) is 40.1. The molecule has 1 heterocycles. The second kappa shape index (κ2) is 8.96. The van der Waals surface area contributed by atoms with Gasteiger partial charge in [0.15, 0.2) is 0 Å². The molecule has 1 aromatic heterocycles. The molecular weight excluding hydrogens is 322 g/mol. The summed E-state index contributed by atoms with van der Waals surface area (Å²) in [6.07, 6.45) is 4.00. The van der Waals surface area contributed by atoms with Gasteiger partial charge in [0.25, 0.3) is 5.56 Å². The maximum Gasteiger partial charge on any atom is 0.303 e. The Hall–Kier alpha value is -2.70. The molecule has 2 rings (SSSR count). The molecule has 0 radical (unpaired) electrons. The summed E-state index contributed by atoms with van der Waals surface area (Å²) in [5.74, 6) is -1.18. The molecule has 0 saturated carbocycles. The van der Waals surface area contributed by atoms with Crippen molar-refractivity contribution in [3.8, 4) is 0 Å². The highest BCUT2D eigenvalue weighted by Gasteiger charge is 2.21. The molecule has 1 amide bonds. The molecule has 0 unspecified atom stereocenters. The van der Waals surface area contributed by atoms with E-state index >= 15 is 0 Å². The highest BCUT2D eigenvalue weighted by molar-refractivity contribution is 5.81. The van der Waals surface area contributed by atoms with E-state index in [1.807, 2.05) is 13.0 Å².